The zero-order valence-corrected chi connectivity index (χ0v) is 18.1. The molecule has 0 radical (unpaired) electrons. The molecule has 0 unspecified atom stereocenters. The number of amides is 2. The van der Waals surface area contributed by atoms with Gasteiger partial charge < -0.3 is 10.2 Å². The van der Waals surface area contributed by atoms with Gasteiger partial charge in [-0.25, -0.2) is 8.42 Å². The van der Waals surface area contributed by atoms with E-state index in [1.165, 1.54) is 4.31 Å². The minimum atomic E-state index is -3.43. The minimum absolute atomic E-state index is 0.0478. The van der Waals surface area contributed by atoms with E-state index in [0.717, 1.165) is 16.7 Å². The number of sulfonamides is 1. The quantitative estimate of drug-likeness (QED) is 0.757. The number of aryl methyl sites for hydroxylation is 2. The third kappa shape index (κ3) is 5.46. The molecular weight excluding hydrogens is 402 g/mol. The Hall–Kier alpha value is -2.71. The minimum Gasteiger partial charge on any atom is -0.343 e. The Morgan fingerprint density at radius 1 is 0.933 bits per heavy atom. The Kier molecular flexibility index (Phi) is 6.89. The lowest BCUT2D eigenvalue weighted by molar-refractivity contribution is -0.131. The molecule has 3 rings (SSSR count). The topological polar surface area (TPSA) is 86.8 Å². The van der Waals surface area contributed by atoms with E-state index in [-0.39, 0.29) is 37.2 Å². The van der Waals surface area contributed by atoms with Crippen LogP contribution in [-0.2, 0) is 20.6 Å². The highest BCUT2D eigenvalue weighted by molar-refractivity contribution is 7.88. The first-order chi connectivity index (χ1) is 14.3. The molecule has 2 amide bonds. The lowest BCUT2D eigenvalue weighted by Gasteiger charge is -2.34. The van der Waals surface area contributed by atoms with Gasteiger partial charge >= 0.3 is 0 Å². The molecule has 30 heavy (non-hydrogen) atoms. The van der Waals surface area contributed by atoms with E-state index in [1.54, 1.807) is 29.2 Å². The van der Waals surface area contributed by atoms with Gasteiger partial charge in [-0.1, -0.05) is 36.4 Å². The van der Waals surface area contributed by atoms with Crippen LogP contribution in [0.5, 0.6) is 0 Å². The van der Waals surface area contributed by atoms with Crippen molar-refractivity contribution < 1.29 is 18.0 Å². The summed E-state index contributed by atoms with van der Waals surface area (Å²) >= 11 is 0. The van der Waals surface area contributed by atoms with E-state index < -0.39 is 10.0 Å². The lowest BCUT2D eigenvalue weighted by atomic mass is 10.1. The van der Waals surface area contributed by atoms with Gasteiger partial charge in [0.25, 0.3) is 5.91 Å². The molecule has 7 nitrogen and oxygen atoms in total. The van der Waals surface area contributed by atoms with Crippen molar-refractivity contribution in [1.29, 1.82) is 0 Å². The highest BCUT2D eigenvalue weighted by Crippen LogP contribution is 2.14. The van der Waals surface area contributed by atoms with Gasteiger partial charge in [0.1, 0.15) is 0 Å². The fourth-order valence-corrected chi connectivity index (χ4v) is 4.86. The van der Waals surface area contributed by atoms with Crippen molar-refractivity contribution in [3.8, 4) is 0 Å². The number of nitrogens with zero attached hydrogens (tertiary/aromatic N) is 2. The first-order valence-electron chi connectivity index (χ1n) is 9.91. The maximum Gasteiger partial charge on any atom is 0.251 e. The highest BCUT2D eigenvalue weighted by Gasteiger charge is 2.29. The van der Waals surface area contributed by atoms with Crippen molar-refractivity contribution in [3.05, 3.63) is 70.8 Å². The van der Waals surface area contributed by atoms with E-state index in [1.807, 2.05) is 38.1 Å². The van der Waals surface area contributed by atoms with Gasteiger partial charge in [-0.3, -0.25) is 9.59 Å². The number of carbonyl (C=O) groups is 2. The number of rotatable bonds is 6. The first-order valence-corrected chi connectivity index (χ1v) is 11.5. The van der Waals surface area contributed by atoms with E-state index in [9.17, 15) is 18.0 Å². The standard InChI is InChI=1S/C22H27N3O4S/c1-17-8-9-20(14-18(17)2)22(27)23-15-21(26)24-10-12-25(13-11-24)30(28,29)16-19-6-4-3-5-7-19/h3-9,14H,10-13,15-16H2,1-2H3,(H,23,27). The SMILES string of the molecule is Cc1ccc(C(=O)NCC(=O)N2CCN(S(=O)(=O)Cc3ccccc3)CC2)cc1C. The largest absolute Gasteiger partial charge is 0.343 e. The van der Waals surface area contributed by atoms with E-state index in [4.69, 9.17) is 0 Å². The number of nitrogens with one attached hydrogen (secondary N) is 1. The third-order valence-electron chi connectivity index (χ3n) is 5.35. The molecule has 160 valence electrons. The van der Waals surface area contributed by atoms with Crippen LogP contribution in [0.4, 0.5) is 0 Å². The molecule has 0 aliphatic carbocycles. The number of hydrogen-bond donors (Lipinski definition) is 1. The van der Waals surface area contributed by atoms with Crippen molar-refractivity contribution in [2.75, 3.05) is 32.7 Å². The number of piperazine rings is 1. The van der Waals surface area contributed by atoms with Crippen LogP contribution in [0.2, 0.25) is 0 Å². The van der Waals surface area contributed by atoms with Gasteiger partial charge in [-0.2, -0.15) is 4.31 Å². The number of benzene rings is 2. The Morgan fingerprint density at radius 3 is 2.23 bits per heavy atom. The average molecular weight is 430 g/mol. The highest BCUT2D eigenvalue weighted by atomic mass is 32.2. The predicted molar refractivity (Wildman–Crippen MR) is 115 cm³/mol. The first kappa shape index (κ1) is 22.0. The van der Waals surface area contributed by atoms with Crippen molar-refractivity contribution in [3.63, 3.8) is 0 Å². The van der Waals surface area contributed by atoms with Gasteiger partial charge in [-0.15, -0.1) is 0 Å². The lowest BCUT2D eigenvalue weighted by Crippen LogP contribution is -2.52. The smallest absolute Gasteiger partial charge is 0.251 e. The number of hydrogen-bond acceptors (Lipinski definition) is 4. The molecule has 0 saturated carbocycles. The molecule has 1 N–H and O–H groups in total. The van der Waals surface area contributed by atoms with E-state index in [2.05, 4.69) is 5.32 Å². The molecule has 0 aromatic heterocycles. The molecule has 1 saturated heterocycles. The van der Waals surface area contributed by atoms with Crippen molar-refractivity contribution in [2.45, 2.75) is 19.6 Å². The Bertz CT molecular complexity index is 1010. The summed E-state index contributed by atoms with van der Waals surface area (Å²) in [5.74, 6) is -0.559. The molecular formula is C22H27N3O4S. The molecule has 1 fully saturated rings. The van der Waals surface area contributed by atoms with E-state index in [0.29, 0.717) is 18.7 Å². The monoisotopic (exact) mass is 429 g/mol. The second-order valence-electron chi connectivity index (χ2n) is 7.50. The maximum absolute atomic E-state index is 12.6. The molecule has 1 heterocycles. The van der Waals surface area contributed by atoms with Crippen LogP contribution in [-0.4, -0.2) is 62.2 Å². The second kappa shape index (κ2) is 9.40. The summed E-state index contributed by atoms with van der Waals surface area (Å²) in [6, 6.07) is 14.5. The Morgan fingerprint density at radius 2 is 1.60 bits per heavy atom. The van der Waals surface area contributed by atoms with Crippen LogP contribution in [0.15, 0.2) is 48.5 Å². The van der Waals surface area contributed by atoms with Gasteiger partial charge in [0.2, 0.25) is 15.9 Å². The van der Waals surface area contributed by atoms with Crippen molar-refractivity contribution >= 4 is 21.8 Å². The summed E-state index contributed by atoms with van der Waals surface area (Å²) in [6.07, 6.45) is 0. The zero-order chi connectivity index (χ0) is 21.7. The van der Waals surface area contributed by atoms with Gasteiger partial charge in [0, 0.05) is 31.7 Å². The van der Waals surface area contributed by atoms with Gasteiger partial charge in [0.05, 0.1) is 12.3 Å². The molecule has 0 atom stereocenters. The molecule has 1 aliphatic rings. The third-order valence-corrected chi connectivity index (χ3v) is 7.20. The predicted octanol–water partition coefficient (Wildman–Crippen LogP) is 1.71. The number of carbonyl (C=O) groups excluding carboxylic acids is 2. The summed E-state index contributed by atoms with van der Waals surface area (Å²) < 4.78 is 26.7. The summed E-state index contributed by atoms with van der Waals surface area (Å²) in [6.45, 7) is 4.93. The molecule has 0 spiro atoms. The van der Waals surface area contributed by atoms with Crippen LogP contribution < -0.4 is 5.32 Å². The zero-order valence-electron chi connectivity index (χ0n) is 17.3. The van der Waals surface area contributed by atoms with Crippen LogP contribution in [0.1, 0.15) is 27.0 Å². The Balaban J connectivity index is 1.49. The summed E-state index contributed by atoms with van der Waals surface area (Å²) in [7, 11) is -3.43. The van der Waals surface area contributed by atoms with Crippen LogP contribution in [0.3, 0.4) is 0 Å². The van der Waals surface area contributed by atoms with Gasteiger partial charge in [0.15, 0.2) is 0 Å². The molecule has 2 aromatic rings. The molecule has 2 aromatic carbocycles. The fourth-order valence-electron chi connectivity index (χ4n) is 3.34. The second-order valence-corrected chi connectivity index (χ2v) is 9.47. The van der Waals surface area contributed by atoms with Crippen molar-refractivity contribution in [1.82, 2.24) is 14.5 Å². The molecule has 0 bridgehead atoms. The molecule has 1 aliphatic heterocycles. The van der Waals surface area contributed by atoms with Crippen molar-refractivity contribution in [2.24, 2.45) is 0 Å². The average Bonchev–Trinajstić information content (AvgIpc) is 2.74. The van der Waals surface area contributed by atoms with Crippen LogP contribution in [0.25, 0.3) is 0 Å². The normalized spacial score (nSPS) is 15.1. The van der Waals surface area contributed by atoms with Crippen LogP contribution in [0, 0.1) is 13.8 Å². The summed E-state index contributed by atoms with van der Waals surface area (Å²) in [5.41, 5.74) is 3.37. The van der Waals surface area contributed by atoms with Crippen LogP contribution >= 0.6 is 0 Å². The van der Waals surface area contributed by atoms with E-state index >= 15 is 0 Å². The summed E-state index contributed by atoms with van der Waals surface area (Å²) in [5, 5.41) is 2.65. The molecule has 8 heteroatoms. The summed E-state index contributed by atoms with van der Waals surface area (Å²) in [4.78, 5) is 26.3. The Labute approximate surface area is 177 Å². The van der Waals surface area contributed by atoms with Gasteiger partial charge in [-0.05, 0) is 42.7 Å². The fraction of sp³-hybridized carbons (Fsp3) is 0.364. The maximum atomic E-state index is 12.6.